The van der Waals surface area contributed by atoms with E-state index < -0.39 is 0 Å². The summed E-state index contributed by atoms with van der Waals surface area (Å²) in [5.41, 5.74) is 0.0622. The average molecular weight is 232 g/mol. The second kappa shape index (κ2) is 3.73. The number of hydrogen-bond acceptors (Lipinski definition) is 3. The maximum Gasteiger partial charge on any atom is 0.345 e. The van der Waals surface area contributed by atoms with Crippen LogP contribution in [0.15, 0.2) is 4.79 Å². The van der Waals surface area contributed by atoms with E-state index >= 15 is 0 Å². The van der Waals surface area contributed by atoms with Gasteiger partial charge in [0.2, 0.25) is 0 Å². The Balaban J connectivity index is 1.87. The Labute approximate surface area is 99.7 Å². The van der Waals surface area contributed by atoms with E-state index in [0.717, 1.165) is 44.5 Å². The van der Waals surface area contributed by atoms with Gasteiger partial charge in [0.05, 0.1) is 12.6 Å². The van der Waals surface area contributed by atoms with Crippen LogP contribution < -0.4 is 5.69 Å². The van der Waals surface area contributed by atoms with Crippen molar-refractivity contribution in [3.05, 3.63) is 16.3 Å². The van der Waals surface area contributed by atoms with Crippen molar-refractivity contribution in [2.24, 2.45) is 5.41 Å². The molecule has 0 radical (unpaired) electrons. The van der Waals surface area contributed by atoms with Crippen molar-refractivity contribution < 1.29 is 0 Å². The molecular weight excluding hydrogens is 216 g/mol. The van der Waals surface area contributed by atoms with Gasteiger partial charge in [0.25, 0.3) is 0 Å². The van der Waals surface area contributed by atoms with Gasteiger partial charge in [0, 0.05) is 24.8 Å². The molecule has 0 aromatic carbocycles. The molecule has 5 nitrogen and oxygen atoms in total. The molecule has 3 rings (SSSR count). The van der Waals surface area contributed by atoms with E-state index in [1.54, 1.807) is 9.25 Å². The highest BCUT2D eigenvalue weighted by Gasteiger charge is 2.43. The van der Waals surface area contributed by atoms with Crippen LogP contribution in [0, 0.1) is 16.7 Å². The highest BCUT2D eigenvalue weighted by molar-refractivity contribution is 5.00. The molecule has 5 heteroatoms. The van der Waals surface area contributed by atoms with Crippen LogP contribution in [0.5, 0.6) is 0 Å². The summed E-state index contributed by atoms with van der Waals surface area (Å²) in [5.74, 6) is 0.925. The zero-order valence-electron chi connectivity index (χ0n) is 9.85. The number of rotatable bonds is 3. The summed E-state index contributed by atoms with van der Waals surface area (Å²) < 4.78 is 3.39. The minimum absolute atomic E-state index is 0.0175. The Bertz CT molecular complexity index is 530. The predicted octanol–water partition coefficient (Wildman–Crippen LogP) is 1.07. The Morgan fingerprint density at radius 3 is 2.88 bits per heavy atom. The van der Waals surface area contributed by atoms with Crippen LogP contribution in [0.1, 0.15) is 37.9 Å². The standard InChI is InChI=1S/C12H16N4O/c13-7-6-12(4-5-12)9-16-11(17)15-8-2-1-3-10(15)14-16/h1-6,8-9H2. The van der Waals surface area contributed by atoms with E-state index in [9.17, 15) is 4.79 Å². The minimum atomic E-state index is 0.0175. The van der Waals surface area contributed by atoms with Crippen molar-refractivity contribution in [3.63, 3.8) is 0 Å². The Morgan fingerprint density at radius 1 is 1.41 bits per heavy atom. The normalized spacial score (nSPS) is 20.6. The summed E-state index contributed by atoms with van der Waals surface area (Å²) in [7, 11) is 0. The highest BCUT2D eigenvalue weighted by Crippen LogP contribution is 2.49. The fourth-order valence-corrected chi connectivity index (χ4v) is 2.60. The molecule has 1 saturated carbocycles. The fraction of sp³-hybridized carbons (Fsp3) is 0.750. The molecule has 90 valence electrons. The topological polar surface area (TPSA) is 63.6 Å². The third-order valence-corrected chi connectivity index (χ3v) is 3.93. The first-order valence-corrected chi connectivity index (χ1v) is 6.28. The second-order valence-electron chi connectivity index (χ2n) is 5.30. The number of hydrogen-bond donors (Lipinski definition) is 0. The van der Waals surface area contributed by atoms with Gasteiger partial charge in [-0.2, -0.15) is 10.4 Å². The molecule has 2 heterocycles. The molecule has 1 aromatic rings. The van der Waals surface area contributed by atoms with Gasteiger partial charge in [-0.1, -0.05) is 0 Å². The molecule has 1 aromatic heterocycles. The van der Waals surface area contributed by atoms with E-state index in [2.05, 4.69) is 11.2 Å². The van der Waals surface area contributed by atoms with Gasteiger partial charge in [-0.25, -0.2) is 9.48 Å². The second-order valence-corrected chi connectivity index (χ2v) is 5.30. The van der Waals surface area contributed by atoms with Crippen LogP contribution in [0.2, 0.25) is 0 Å². The zero-order chi connectivity index (χ0) is 11.9. The first-order valence-electron chi connectivity index (χ1n) is 6.28. The first kappa shape index (κ1) is 10.6. The zero-order valence-corrected chi connectivity index (χ0v) is 9.85. The number of nitrogens with zero attached hydrogens (tertiary/aromatic N) is 4. The molecule has 2 aliphatic rings. The van der Waals surface area contributed by atoms with Crippen LogP contribution in [0.25, 0.3) is 0 Å². The highest BCUT2D eigenvalue weighted by atomic mass is 16.2. The van der Waals surface area contributed by atoms with Crippen LogP contribution in [-0.4, -0.2) is 14.3 Å². The van der Waals surface area contributed by atoms with Crippen LogP contribution in [-0.2, 0) is 19.5 Å². The Hall–Kier alpha value is -1.57. The van der Waals surface area contributed by atoms with Gasteiger partial charge >= 0.3 is 5.69 Å². The molecule has 0 N–H and O–H groups in total. The number of aryl methyl sites for hydroxylation is 1. The summed E-state index contributed by atoms with van der Waals surface area (Å²) in [4.78, 5) is 12.1. The number of nitriles is 1. The van der Waals surface area contributed by atoms with Crippen LogP contribution in [0.4, 0.5) is 0 Å². The lowest BCUT2D eigenvalue weighted by atomic mass is 10.0. The van der Waals surface area contributed by atoms with E-state index in [0.29, 0.717) is 13.0 Å². The lowest BCUT2D eigenvalue weighted by molar-refractivity contribution is 0.393. The maximum atomic E-state index is 12.1. The monoisotopic (exact) mass is 232 g/mol. The molecule has 0 spiro atoms. The molecule has 17 heavy (non-hydrogen) atoms. The third-order valence-electron chi connectivity index (χ3n) is 3.93. The number of aromatic nitrogens is 3. The quantitative estimate of drug-likeness (QED) is 0.783. The van der Waals surface area contributed by atoms with Crippen molar-refractivity contribution in [3.8, 4) is 6.07 Å². The van der Waals surface area contributed by atoms with Gasteiger partial charge in [-0.05, 0) is 25.7 Å². The van der Waals surface area contributed by atoms with E-state index in [-0.39, 0.29) is 11.1 Å². The smallest absolute Gasteiger partial charge is 0.279 e. The van der Waals surface area contributed by atoms with E-state index in [1.807, 2.05) is 0 Å². The van der Waals surface area contributed by atoms with E-state index in [4.69, 9.17) is 5.26 Å². The lowest BCUT2D eigenvalue weighted by Gasteiger charge is -2.09. The third kappa shape index (κ3) is 1.78. The molecule has 0 atom stereocenters. The van der Waals surface area contributed by atoms with Gasteiger partial charge in [0.1, 0.15) is 5.82 Å². The van der Waals surface area contributed by atoms with E-state index in [1.165, 1.54) is 0 Å². The van der Waals surface area contributed by atoms with Crippen LogP contribution in [0.3, 0.4) is 0 Å². The summed E-state index contributed by atoms with van der Waals surface area (Å²) in [6.45, 7) is 1.43. The first-order chi connectivity index (χ1) is 8.24. The molecule has 0 bridgehead atoms. The Morgan fingerprint density at radius 2 is 2.24 bits per heavy atom. The molecule has 1 fully saturated rings. The number of fused-ring (bicyclic) bond motifs is 1. The SMILES string of the molecule is N#CCC1(Cn2nc3n(c2=O)CCCC3)CC1. The predicted molar refractivity (Wildman–Crippen MR) is 61.3 cm³/mol. The molecule has 1 aliphatic carbocycles. The molecule has 0 amide bonds. The fourth-order valence-electron chi connectivity index (χ4n) is 2.60. The molecule has 0 unspecified atom stereocenters. The molecular formula is C12H16N4O. The minimum Gasteiger partial charge on any atom is -0.279 e. The van der Waals surface area contributed by atoms with Crippen molar-refractivity contribution in [1.29, 1.82) is 5.26 Å². The van der Waals surface area contributed by atoms with Crippen LogP contribution >= 0.6 is 0 Å². The molecule has 0 saturated heterocycles. The van der Waals surface area contributed by atoms with Crippen molar-refractivity contribution in [1.82, 2.24) is 14.3 Å². The summed E-state index contributed by atoms with van der Waals surface area (Å²) in [5, 5.41) is 13.2. The summed E-state index contributed by atoms with van der Waals surface area (Å²) >= 11 is 0. The lowest BCUT2D eigenvalue weighted by Crippen LogP contribution is -2.29. The largest absolute Gasteiger partial charge is 0.345 e. The molecule has 1 aliphatic heterocycles. The average Bonchev–Trinajstić information content (AvgIpc) is 3.01. The van der Waals surface area contributed by atoms with Crippen molar-refractivity contribution >= 4 is 0 Å². The Kier molecular flexibility index (Phi) is 2.32. The van der Waals surface area contributed by atoms with Gasteiger partial charge in [-0.3, -0.25) is 4.57 Å². The van der Waals surface area contributed by atoms with Crippen molar-refractivity contribution in [2.75, 3.05) is 0 Å². The van der Waals surface area contributed by atoms with Gasteiger partial charge in [-0.15, -0.1) is 0 Å². The van der Waals surface area contributed by atoms with Gasteiger partial charge in [0.15, 0.2) is 0 Å². The summed E-state index contributed by atoms with van der Waals surface area (Å²) in [6, 6.07) is 2.22. The van der Waals surface area contributed by atoms with Gasteiger partial charge < -0.3 is 0 Å². The van der Waals surface area contributed by atoms with Crippen molar-refractivity contribution in [2.45, 2.75) is 51.6 Å². The maximum absolute atomic E-state index is 12.1. The summed E-state index contributed by atoms with van der Waals surface area (Å²) in [6.07, 6.45) is 5.75.